The van der Waals surface area contributed by atoms with Gasteiger partial charge in [-0.25, -0.2) is 14.0 Å². The van der Waals surface area contributed by atoms with Gasteiger partial charge in [-0.3, -0.25) is 14.3 Å². The lowest BCUT2D eigenvalue weighted by atomic mass is 9.75. The predicted molar refractivity (Wildman–Crippen MR) is 208 cm³/mol. The van der Waals surface area contributed by atoms with Gasteiger partial charge >= 0.3 is 12.1 Å². The van der Waals surface area contributed by atoms with Crippen LogP contribution in [0.1, 0.15) is 87.0 Å². The van der Waals surface area contributed by atoms with Crippen LogP contribution in [0, 0.1) is 23.7 Å². The van der Waals surface area contributed by atoms with Gasteiger partial charge in [0.15, 0.2) is 17.7 Å². The highest BCUT2D eigenvalue weighted by Gasteiger charge is 2.60. The average Bonchev–Trinajstić information content (AvgIpc) is 3.75. The molecule has 0 spiro atoms. The fraction of sp³-hybridized carbons (Fsp3) is 0.707. The third kappa shape index (κ3) is 9.67. The van der Waals surface area contributed by atoms with E-state index < -0.39 is 77.3 Å². The van der Waals surface area contributed by atoms with Gasteiger partial charge in [-0.15, -0.1) is 5.10 Å². The second-order valence-corrected chi connectivity index (χ2v) is 16.7. The zero-order valence-electron chi connectivity index (χ0n) is 34.5. The smallest absolute Gasteiger partial charge is 0.410 e. The van der Waals surface area contributed by atoms with E-state index in [-0.39, 0.29) is 50.3 Å². The molecule has 4 heterocycles. The molecule has 0 saturated carbocycles. The summed E-state index contributed by atoms with van der Waals surface area (Å²) in [6.45, 7) is 11.9. The Bertz CT molecular complexity index is 1740. The predicted octanol–water partition coefficient (Wildman–Crippen LogP) is 4.49. The van der Waals surface area contributed by atoms with Crippen LogP contribution in [0.3, 0.4) is 0 Å². The molecule has 4 N–H and O–H groups in total. The van der Waals surface area contributed by atoms with Crippen molar-refractivity contribution in [3.05, 3.63) is 30.5 Å². The Morgan fingerprint density at radius 3 is 2.44 bits per heavy atom. The van der Waals surface area contributed by atoms with Crippen LogP contribution >= 0.6 is 0 Å². The highest BCUT2D eigenvalue weighted by Crippen LogP contribution is 2.42. The number of ether oxygens (including phenoxy) is 4. The SMILES string of the molecule is CC[C@H]1OC(=O)[C@@](C)(F)C(=O)[C@H](C)C[C@@H](CO[C@@H]2O[C@H](C)C[C@H](NC)[C@H]2O)C[C@@H](C)C(=O)[C@H](C)[C@H]2N(CCCCn3cc(-c4cccc(N)c4)nn3)C(=O)O[C@]12C. The molecule has 0 unspecified atom stereocenters. The summed E-state index contributed by atoms with van der Waals surface area (Å²) in [5, 5.41) is 22.5. The van der Waals surface area contributed by atoms with Gasteiger partial charge < -0.3 is 40.0 Å². The first-order valence-electron chi connectivity index (χ1n) is 20.3. The van der Waals surface area contributed by atoms with Gasteiger partial charge in [0.1, 0.15) is 23.7 Å². The number of unbranched alkanes of at least 4 members (excludes halogenated alkanes) is 1. The molecule has 3 aliphatic rings. The first kappa shape index (κ1) is 44.1. The zero-order chi connectivity index (χ0) is 41.8. The maximum atomic E-state index is 16.4. The maximum Gasteiger partial charge on any atom is 0.410 e. The quantitative estimate of drug-likeness (QED) is 0.125. The molecule has 1 amide bonds. The van der Waals surface area contributed by atoms with Crippen molar-refractivity contribution in [1.29, 1.82) is 0 Å². The molecule has 1 aromatic carbocycles. The third-order valence-electron chi connectivity index (χ3n) is 12.1. The largest absolute Gasteiger partial charge is 0.455 e. The van der Waals surface area contributed by atoms with Crippen LogP contribution in [-0.2, 0) is 39.9 Å². The van der Waals surface area contributed by atoms with E-state index in [9.17, 15) is 24.3 Å². The summed E-state index contributed by atoms with van der Waals surface area (Å²) in [6.07, 6.45) is 0.0245. The molecule has 0 bridgehead atoms. The number of cyclic esters (lactones) is 1. The molecule has 0 radical (unpaired) electrons. The molecule has 316 valence electrons. The number of nitrogen functional groups attached to an aromatic ring is 1. The van der Waals surface area contributed by atoms with E-state index in [2.05, 4.69) is 15.6 Å². The monoisotopic (exact) mass is 800 g/mol. The van der Waals surface area contributed by atoms with Crippen molar-refractivity contribution >= 4 is 29.3 Å². The van der Waals surface area contributed by atoms with Crippen LogP contribution in [0.25, 0.3) is 11.3 Å². The number of hydrogen-bond acceptors (Lipinski definition) is 13. The molecule has 0 aliphatic carbocycles. The van der Waals surface area contributed by atoms with Crippen molar-refractivity contribution in [2.45, 2.75) is 141 Å². The number of likely N-dealkylation sites (N-methyl/N-ethyl adjacent to an activating group) is 1. The number of benzene rings is 1. The van der Waals surface area contributed by atoms with Crippen LogP contribution < -0.4 is 11.1 Å². The van der Waals surface area contributed by atoms with E-state index >= 15 is 4.39 Å². The molecular weight excluding hydrogens is 739 g/mol. The highest BCUT2D eigenvalue weighted by atomic mass is 19.1. The number of halogens is 1. The minimum atomic E-state index is -3.00. The first-order valence-corrected chi connectivity index (χ1v) is 20.3. The van der Waals surface area contributed by atoms with Crippen LogP contribution in [0.15, 0.2) is 30.5 Å². The molecule has 3 aliphatic heterocycles. The highest BCUT2D eigenvalue weighted by molar-refractivity contribution is 6.07. The number of nitrogens with two attached hydrogens (primary N) is 1. The topological polar surface area (TPSA) is 197 Å². The number of alkyl halides is 1. The third-order valence-corrected chi connectivity index (χ3v) is 12.1. The first-order chi connectivity index (χ1) is 26.9. The summed E-state index contributed by atoms with van der Waals surface area (Å²) in [7, 11) is 1.75. The zero-order valence-corrected chi connectivity index (χ0v) is 34.5. The van der Waals surface area contributed by atoms with E-state index in [0.717, 1.165) is 12.5 Å². The summed E-state index contributed by atoms with van der Waals surface area (Å²) in [5.74, 6) is -5.28. The number of aryl methyl sites for hydroxylation is 1. The van der Waals surface area contributed by atoms with Gasteiger partial charge in [0.2, 0.25) is 0 Å². The average molecular weight is 801 g/mol. The number of Topliss-reactive ketones (excluding diaryl/α,β-unsaturated/α-hetero) is 2. The van der Waals surface area contributed by atoms with Gasteiger partial charge in [0.25, 0.3) is 5.67 Å². The number of aliphatic hydroxyl groups is 1. The second-order valence-electron chi connectivity index (χ2n) is 16.7. The summed E-state index contributed by atoms with van der Waals surface area (Å²) in [5.41, 5.74) is 3.50. The molecule has 3 saturated heterocycles. The Morgan fingerprint density at radius 1 is 1.05 bits per heavy atom. The number of amides is 1. The Morgan fingerprint density at radius 2 is 1.75 bits per heavy atom. The summed E-state index contributed by atoms with van der Waals surface area (Å²) in [6, 6.07) is 6.20. The number of ketones is 2. The van der Waals surface area contributed by atoms with E-state index in [4.69, 9.17) is 24.7 Å². The van der Waals surface area contributed by atoms with E-state index in [1.807, 2.05) is 31.3 Å². The lowest BCUT2D eigenvalue weighted by Crippen LogP contribution is -2.58. The van der Waals surface area contributed by atoms with Gasteiger partial charge in [0, 0.05) is 48.1 Å². The molecule has 57 heavy (non-hydrogen) atoms. The molecule has 3 fully saturated rings. The Labute approximate surface area is 334 Å². The van der Waals surface area contributed by atoms with Crippen molar-refractivity contribution in [3.63, 3.8) is 0 Å². The number of rotatable bonds is 11. The van der Waals surface area contributed by atoms with Crippen molar-refractivity contribution in [2.24, 2.45) is 23.7 Å². The Kier molecular flexibility index (Phi) is 14.2. The lowest BCUT2D eigenvalue weighted by Gasteiger charge is -2.41. The lowest BCUT2D eigenvalue weighted by molar-refractivity contribution is -0.248. The minimum absolute atomic E-state index is 0.00138. The number of aromatic nitrogens is 3. The molecule has 2 aromatic rings. The summed E-state index contributed by atoms with van der Waals surface area (Å²) < 4.78 is 41.9. The number of carbonyl (C=O) groups is 4. The fourth-order valence-corrected chi connectivity index (χ4v) is 8.95. The number of fused-ring (bicyclic) bond motifs is 1. The minimum Gasteiger partial charge on any atom is -0.455 e. The molecule has 15 nitrogen and oxygen atoms in total. The van der Waals surface area contributed by atoms with Gasteiger partial charge in [-0.05, 0) is 84.4 Å². The van der Waals surface area contributed by atoms with Crippen molar-refractivity contribution < 1.29 is 47.6 Å². The molecule has 1 aromatic heterocycles. The van der Waals surface area contributed by atoms with Crippen molar-refractivity contribution in [1.82, 2.24) is 25.2 Å². The summed E-state index contributed by atoms with van der Waals surface area (Å²) >= 11 is 0. The van der Waals surface area contributed by atoms with Crippen LogP contribution in [0.4, 0.5) is 14.9 Å². The number of esters is 1. The van der Waals surface area contributed by atoms with Crippen LogP contribution in [0.5, 0.6) is 0 Å². The van der Waals surface area contributed by atoms with Crippen molar-refractivity contribution in [3.8, 4) is 11.3 Å². The number of nitrogens with one attached hydrogen (secondary N) is 1. The molecule has 16 heteroatoms. The normalized spacial score (nSPS) is 35.7. The van der Waals surface area contributed by atoms with Crippen LogP contribution in [0.2, 0.25) is 0 Å². The van der Waals surface area contributed by atoms with E-state index in [0.29, 0.717) is 37.2 Å². The van der Waals surface area contributed by atoms with Gasteiger partial charge in [-0.2, -0.15) is 0 Å². The van der Waals surface area contributed by atoms with E-state index in [1.165, 1.54) is 4.90 Å². The Hall–Kier alpha value is -3.99. The molecule has 5 rings (SSSR count). The number of carbonyl (C=O) groups excluding carboxylic acids is 4. The molecular formula is C41H61FN6O9. The second kappa shape index (κ2) is 18.3. The van der Waals surface area contributed by atoms with Crippen molar-refractivity contribution in [2.75, 3.05) is 25.9 Å². The van der Waals surface area contributed by atoms with Crippen LogP contribution in [-0.4, -0.2) is 117 Å². The standard InChI is InChI=1S/C41H61FN6O9/c1-9-32-41(7)35(48(39(53)57-41)16-11-10-15-47-21-31(45-46-47)28-13-12-14-29(43)20-28)26(5)33(49)23(2)17-27(18-24(3)36(51)40(6,42)38(52)56-32)22-54-37-34(50)30(44-8)19-25(4)55-37/h12-14,20-21,23-27,30,32,34-35,37,44,50H,9-11,15-19,22,43H2,1-8H3/t23-,24-,25-,26+,27+,30+,32-,34-,35-,37-,40+,41-/m1/s1. The number of hydrogen-bond donors (Lipinski definition) is 3. The maximum absolute atomic E-state index is 16.4. The van der Waals surface area contributed by atoms with Gasteiger partial charge in [0.05, 0.1) is 24.9 Å². The summed E-state index contributed by atoms with van der Waals surface area (Å²) in [4.78, 5) is 57.0. The number of anilines is 1. The number of aliphatic hydroxyl groups excluding tert-OH is 1. The number of nitrogens with zero attached hydrogens (tertiary/aromatic N) is 4. The Balaban J connectivity index is 1.37. The van der Waals surface area contributed by atoms with E-state index in [1.54, 1.807) is 52.4 Å². The fourth-order valence-electron chi connectivity index (χ4n) is 8.95. The molecule has 12 atom stereocenters. The van der Waals surface area contributed by atoms with Gasteiger partial charge in [-0.1, -0.05) is 45.0 Å².